The number of rotatable bonds is 2. The van der Waals surface area contributed by atoms with Crippen LogP contribution in [0.15, 0.2) is 10.6 Å². The largest absolute Gasteiger partial charge is 0.496 e. The molecule has 0 aliphatic carbocycles. The van der Waals surface area contributed by atoms with Gasteiger partial charge in [-0.1, -0.05) is 5.16 Å². The zero-order valence-corrected chi connectivity index (χ0v) is 16.9. The highest BCUT2D eigenvalue weighted by molar-refractivity contribution is 6.14. The minimum absolute atomic E-state index is 0.113. The normalized spacial score (nSPS) is 12.0. The van der Waals surface area contributed by atoms with E-state index in [1.54, 1.807) is 54.5 Å². The number of aromatic nitrogens is 2. The molecule has 2 aromatic rings. The number of ether oxygens (including phenoxy) is 3. The fourth-order valence-electron chi connectivity index (χ4n) is 2.20. The summed E-state index contributed by atoms with van der Waals surface area (Å²) in [7, 11) is 1.45. The maximum Gasteiger partial charge on any atom is 0.425 e. The second-order valence-corrected chi connectivity index (χ2v) is 7.95. The number of fused-ring (bicyclic) bond motifs is 1. The van der Waals surface area contributed by atoms with Crippen molar-refractivity contribution in [2.24, 2.45) is 0 Å². The third-order valence-corrected chi connectivity index (χ3v) is 3.10. The molecule has 0 unspecified atom stereocenters. The Morgan fingerprint density at radius 3 is 2.00 bits per heavy atom. The number of hydrogen-bond donors (Lipinski definition) is 0. The van der Waals surface area contributed by atoms with Crippen LogP contribution in [-0.2, 0) is 9.47 Å². The first-order valence-corrected chi connectivity index (χ1v) is 8.39. The number of methoxy groups -OCH3 is 1. The molecule has 9 nitrogen and oxygen atoms in total. The summed E-state index contributed by atoms with van der Waals surface area (Å²) in [6.45, 7) is 11.9. The van der Waals surface area contributed by atoms with E-state index in [4.69, 9.17) is 18.7 Å². The number of aryl methyl sites for hydroxylation is 1. The molecule has 0 atom stereocenters. The Kier molecular flexibility index (Phi) is 5.35. The van der Waals surface area contributed by atoms with Gasteiger partial charge in [0.05, 0.1) is 7.11 Å². The van der Waals surface area contributed by atoms with Crippen LogP contribution in [0, 0.1) is 6.92 Å². The Morgan fingerprint density at radius 2 is 1.56 bits per heavy atom. The lowest BCUT2D eigenvalue weighted by Gasteiger charge is -2.27. The second kappa shape index (κ2) is 7.05. The molecular weight excluding hydrogens is 354 g/mol. The Hall–Kier alpha value is -2.84. The van der Waals surface area contributed by atoms with E-state index < -0.39 is 23.4 Å². The second-order valence-electron chi connectivity index (χ2n) is 7.95. The van der Waals surface area contributed by atoms with Crippen molar-refractivity contribution in [1.29, 1.82) is 0 Å². The van der Waals surface area contributed by atoms with Crippen LogP contribution in [0.4, 0.5) is 15.4 Å². The van der Waals surface area contributed by atoms with Crippen LogP contribution >= 0.6 is 0 Å². The average molecular weight is 379 g/mol. The minimum Gasteiger partial charge on any atom is -0.496 e. The van der Waals surface area contributed by atoms with E-state index >= 15 is 0 Å². The summed E-state index contributed by atoms with van der Waals surface area (Å²) in [6.07, 6.45) is -1.90. The lowest BCUT2D eigenvalue weighted by atomic mass is 10.2. The lowest BCUT2D eigenvalue weighted by molar-refractivity contribution is 0.0428. The zero-order chi connectivity index (χ0) is 20.6. The van der Waals surface area contributed by atoms with Gasteiger partial charge >= 0.3 is 12.2 Å². The molecule has 0 bridgehead atoms. The summed E-state index contributed by atoms with van der Waals surface area (Å²) in [5, 5.41) is 4.12. The van der Waals surface area contributed by atoms with Gasteiger partial charge in [-0.05, 0) is 48.5 Å². The lowest BCUT2D eigenvalue weighted by Crippen LogP contribution is -2.44. The van der Waals surface area contributed by atoms with Gasteiger partial charge in [0.2, 0.25) is 5.82 Å². The van der Waals surface area contributed by atoms with Crippen LogP contribution in [-0.4, -0.2) is 40.6 Å². The van der Waals surface area contributed by atoms with E-state index in [0.717, 1.165) is 0 Å². The third-order valence-electron chi connectivity index (χ3n) is 3.10. The number of anilines is 1. The quantitative estimate of drug-likeness (QED) is 0.764. The maximum absolute atomic E-state index is 12.8. The van der Waals surface area contributed by atoms with E-state index in [1.165, 1.54) is 7.11 Å². The van der Waals surface area contributed by atoms with Gasteiger partial charge in [-0.15, -0.1) is 0 Å². The molecule has 2 amide bonds. The number of hydrogen-bond acceptors (Lipinski definition) is 8. The highest BCUT2D eigenvalue weighted by Gasteiger charge is 2.37. The fourth-order valence-corrected chi connectivity index (χ4v) is 2.20. The van der Waals surface area contributed by atoms with E-state index in [0.29, 0.717) is 16.3 Å². The molecule has 0 saturated carbocycles. The van der Waals surface area contributed by atoms with E-state index in [9.17, 15) is 9.59 Å². The minimum atomic E-state index is -0.949. The number of imide groups is 1. The molecule has 0 spiro atoms. The first kappa shape index (κ1) is 20.5. The summed E-state index contributed by atoms with van der Waals surface area (Å²) in [5.74, 6) is 0.240. The van der Waals surface area contributed by atoms with Gasteiger partial charge in [0.25, 0.3) is 5.71 Å². The average Bonchev–Trinajstić information content (AvgIpc) is 2.86. The molecular formula is C18H25N3O6. The Morgan fingerprint density at radius 1 is 1.04 bits per heavy atom. The first-order valence-electron chi connectivity index (χ1n) is 8.39. The molecule has 2 rings (SSSR count). The molecule has 0 N–H and O–H groups in total. The molecule has 0 saturated heterocycles. The van der Waals surface area contributed by atoms with Crippen molar-refractivity contribution in [3.8, 4) is 5.75 Å². The molecule has 0 radical (unpaired) electrons. The monoisotopic (exact) mass is 379 g/mol. The van der Waals surface area contributed by atoms with Gasteiger partial charge in [0.1, 0.15) is 22.3 Å². The Labute approximate surface area is 157 Å². The van der Waals surface area contributed by atoms with Crippen LogP contribution in [0.25, 0.3) is 11.1 Å². The van der Waals surface area contributed by atoms with Gasteiger partial charge < -0.3 is 18.7 Å². The summed E-state index contributed by atoms with van der Waals surface area (Å²) < 4.78 is 21.3. The SMILES string of the molecule is COc1cc(C)nc2onc(N(C(=O)OC(C)(C)C)C(=O)OC(C)(C)C)c12. The number of pyridine rings is 1. The van der Waals surface area contributed by atoms with Crippen LogP contribution in [0.5, 0.6) is 5.75 Å². The van der Waals surface area contributed by atoms with E-state index in [2.05, 4.69) is 10.1 Å². The fraction of sp³-hybridized carbons (Fsp3) is 0.556. The number of nitrogens with zero attached hydrogens (tertiary/aromatic N) is 3. The topological polar surface area (TPSA) is 104 Å². The highest BCUT2D eigenvalue weighted by Crippen LogP contribution is 2.35. The van der Waals surface area contributed by atoms with Crippen LogP contribution in [0.1, 0.15) is 47.2 Å². The summed E-state index contributed by atoms with van der Waals surface area (Å²) in [5.41, 5.74) is -0.923. The molecule has 0 fully saturated rings. The molecule has 27 heavy (non-hydrogen) atoms. The van der Waals surface area contributed by atoms with Crippen molar-refractivity contribution in [3.05, 3.63) is 11.8 Å². The molecule has 0 aromatic carbocycles. The summed E-state index contributed by atoms with van der Waals surface area (Å²) in [6, 6.07) is 1.64. The third kappa shape index (κ3) is 4.87. The molecule has 148 valence electrons. The molecule has 0 aliphatic heterocycles. The highest BCUT2D eigenvalue weighted by atomic mass is 16.6. The van der Waals surface area contributed by atoms with Crippen LogP contribution in [0.3, 0.4) is 0 Å². The van der Waals surface area contributed by atoms with Gasteiger partial charge in [-0.25, -0.2) is 14.6 Å². The molecule has 9 heteroatoms. The van der Waals surface area contributed by atoms with Crippen molar-refractivity contribution in [2.75, 3.05) is 12.0 Å². The van der Waals surface area contributed by atoms with Crippen molar-refractivity contribution in [3.63, 3.8) is 0 Å². The molecule has 2 aromatic heterocycles. The van der Waals surface area contributed by atoms with Crippen molar-refractivity contribution >= 4 is 29.1 Å². The van der Waals surface area contributed by atoms with Crippen molar-refractivity contribution < 1.29 is 28.3 Å². The standard InChI is InChI=1S/C18H25N3O6/c1-10-9-11(24-8)12-13(20-27-14(12)19-10)21(15(22)25-17(2,3)4)16(23)26-18(5,6)7/h9H,1-8H3. The van der Waals surface area contributed by atoms with Crippen molar-refractivity contribution in [2.45, 2.75) is 59.7 Å². The number of carbonyl (C=O) groups is 2. The zero-order valence-electron chi connectivity index (χ0n) is 16.9. The maximum atomic E-state index is 12.8. The van der Waals surface area contributed by atoms with Crippen LogP contribution < -0.4 is 9.64 Å². The Bertz CT molecular complexity index is 832. The summed E-state index contributed by atoms with van der Waals surface area (Å²) >= 11 is 0. The molecule has 2 heterocycles. The number of carbonyl (C=O) groups excluding carboxylic acids is 2. The van der Waals surface area contributed by atoms with Crippen molar-refractivity contribution in [1.82, 2.24) is 10.1 Å². The predicted octanol–water partition coefficient (Wildman–Crippen LogP) is 4.22. The van der Waals surface area contributed by atoms with Gasteiger partial charge in [0.15, 0.2) is 0 Å². The number of amides is 2. The van der Waals surface area contributed by atoms with Gasteiger partial charge in [-0.2, -0.15) is 4.90 Å². The van der Waals surface area contributed by atoms with E-state index in [-0.39, 0.29) is 16.9 Å². The summed E-state index contributed by atoms with van der Waals surface area (Å²) in [4.78, 5) is 30.4. The Balaban J connectivity index is 2.61. The smallest absolute Gasteiger partial charge is 0.425 e. The molecule has 0 aliphatic rings. The predicted molar refractivity (Wildman–Crippen MR) is 98.0 cm³/mol. The van der Waals surface area contributed by atoms with E-state index in [1.807, 2.05) is 0 Å². The first-order chi connectivity index (χ1) is 12.3. The van der Waals surface area contributed by atoms with Gasteiger partial charge in [-0.3, -0.25) is 0 Å². The van der Waals surface area contributed by atoms with Crippen LogP contribution in [0.2, 0.25) is 0 Å². The van der Waals surface area contributed by atoms with Gasteiger partial charge in [0, 0.05) is 11.8 Å².